The SMILES string of the molecule is C[C@H](N)C(=O)N[C@@H](CCC(N)=O)C(=O)N[C@@H](Cc1ccc(O)cc1)C(=O)N[C@@H](CCC(=O)O)C(=O)N[C@@H](CC(=O)O)C(=O)N[C@@H](Cc1ccc(O)cc1)C(=O)N[C@@H](C)C(=O)N[C@@H](CCC(N)=O)C(=O)O. The average Bonchev–Trinajstić information content (AvgIpc) is 3.27. The zero-order chi connectivity index (χ0) is 52.8. The quantitative estimate of drug-likeness (QED) is 0.0351. The molecule has 0 aromatic heterocycles. The number of benzene rings is 2. The number of phenolic OH excluding ortho intramolecular Hbond substituents is 2. The Labute approximate surface area is 399 Å². The van der Waals surface area contributed by atoms with Crippen molar-refractivity contribution in [1.82, 2.24) is 37.2 Å². The molecular weight excluding hydrogens is 929 g/mol. The Kier molecular flexibility index (Phi) is 23.2. The summed E-state index contributed by atoms with van der Waals surface area (Å²) in [5, 5.41) is 64.3. The smallest absolute Gasteiger partial charge is 0.326 e. The van der Waals surface area contributed by atoms with Gasteiger partial charge in [0.15, 0.2) is 0 Å². The summed E-state index contributed by atoms with van der Waals surface area (Å²) < 4.78 is 0. The molecular formula is C43H58N10O17. The molecule has 0 spiro atoms. The van der Waals surface area contributed by atoms with Gasteiger partial charge in [0, 0.05) is 32.1 Å². The van der Waals surface area contributed by atoms with E-state index >= 15 is 0 Å². The number of aromatic hydroxyl groups is 2. The highest BCUT2D eigenvalue weighted by Gasteiger charge is 2.35. The lowest BCUT2D eigenvalue weighted by atomic mass is 10.0. The van der Waals surface area contributed by atoms with Crippen molar-refractivity contribution in [2.45, 2.75) is 120 Å². The summed E-state index contributed by atoms with van der Waals surface area (Å²) in [5.74, 6) is -14.4. The van der Waals surface area contributed by atoms with Gasteiger partial charge < -0.3 is 80.0 Å². The fourth-order valence-corrected chi connectivity index (χ4v) is 6.24. The zero-order valence-electron chi connectivity index (χ0n) is 38.0. The maximum absolute atomic E-state index is 14.0. The van der Waals surface area contributed by atoms with E-state index in [9.17, 15) is 83.1 Å². The van der Waals surface area contributed by atoms with Gasteiger partial charge in [0.25, 0.3) is 0 Å². The number of carbonyl (C=O) groups excluding carboxylic acids is 9. The molecule has 0 saturated heterocycles. The molecule has 2 aromatic carbocycles. The number of carbonyl (C=O) groups is 12. The Morgan fingerprint density at radius 2 is 0.786 bits per heavy atom. The highest BCUT2D eigenvalue weighted by atomic mass is 16.4. The standard InChI is InChI=1S/C43H58N10O17/c1-20(44)36(62)48-26(11-14-32(45)56)38(64)51-30(18-23-5-9-25(55)10-6-23)41(67)49-27(13-16-34(58)59)39(65)53-31(19-35(60)61)42(68)52-29(17-22-3-7-24(54)8-4-22)40(66)47-21(2)37(63)50-28(43(69)70)12-15-33(46)57/h3-10,20-21,26-31,54-55H,11-19,44H2,1-2H3,(H2,45,56)(H2,46,57)(H,47,66)(H,48,62)(H,49,67)(H,50,63)(H,51,64)(H,52,68)(H,53,65)(H,58,59)(H,60,61)(H,69,70)/t20-,21-,26-,27-,28-,29-,30-,31-/m0/s1. The minimum absolute atomic E-state index is 0.167. The van der Waals surface area contributed by atoms with Gasteiger partial charge in [-0.05, 0) is 68.5 Å². The first-order valence-corrected chi connectivity index (χ1v) is 21.4. The number of carboxylic acid groups (broad SMARTS) is 3. The third-order valence-electron chi connectivity index (χ3n) is 10.1. The fraction of sp³-hybridized carbons (Fsp3) is 0.442. The van der Waals surface area contributed by atoms with Crippen LogP contribution < -0.4 is 54.4 Å². The third kappa shape index (κ3) is 21.1. The van der Waals surface area contributed by atoms with Gasteiger partial charge in [-0.2, -0.15) is 0 Å². The van der Waals surface area contributed by atoms with Crippen LogP contribution in [0.15, 0.2) is 48.5 Å². The summed E-state index contributed by atoms with van der Waals surface area (Å²) in [7, 11) is 0. The molecule has 0 unspecified atom stereocenters. The van der Waals surface area contributed by atoms with Gasteiger partial charge in [0.2, 0.25) is 53.2 Å². The minimum atomic E-state index is -2.06. The van der Waals surface area contributed by atoms with Crippen LogP contribution in [0.5, 0.6) is 11.5 Å². The Hall–Kier alpha value is -8.36. The number of nitrogens with one attached hydrogen (secondary N) is 7. The molecule has 27 nitrogen and oxygen atoms in total. The lowest BCUT2D eigenvalue weighted by molar-refractivity contribution is -0.142. The molecule has 0 heterocycles. The van der Waals surface area contributed by atoms with Crippen LogP contribution in [-0.2, 0) is 70.4 Å². The van der Waals surface area contributed by atoms with E-state index in [4.69, 9.17) is 17.2 Å². The molecule has 2 rings (SSSR count). The monoisotopic (exact) mass is 986 g/mol. The van der Waals surface area contributed by atoms with Crippen molar-refractivity contribution in [3.8, 4) is 11.5 Å². The van der Waals surface area contributed by atoms with Crippen LogP contribution in [0.4, 0.5) is 0 Å². The van der Waals surface area contributed by atoms with E-state index in [0.29, 0.717) is 11.1 Å². The molecule has 382 valence electrons. The third-order valence-corrected chi connectivity index (χ3v) is 10.1. The molecule has 0 saturated carbocycles. The molecule has 27 heteroatoms. The van der Waals surface area contributed by atoms with Crippen molar-refractivity contribution in [1.29, 1.82) is 0 Å². The summed E-state index contributed by atoms with van der Waals surface area (Å²) in [6.45, 7) is 2.46. The van der Waals surface area contributed by atoms with Gasteiger partial charge in [-0.1, -0.05) is 24.3 Å². The minimum Gasteiger partial charge on any atom is -0.508 e. The van der Waals surface area contributed by atoms with Crippen LogP contribution in [0.1, 0.15) is 69.9 Å². The molecule has 8 atom stereocenters. The largest absolute Gasteiger partial charge is 0.508 e. The number of phenols is 2. The van der Waals surface area contributed by atoms with Crippen LogP contribution in [0.2, 0.25) is 0 Å². The molecule has 70 heavy (non-hydrogen) atoms. The van der Waals surface area contributed by atoms with Crippen LogP contribution >= 0.6 is 0 Å². The maximum Gasteiger partial charge on any atom is 0.326 e. The molecule has 9 amide bonds. The second-order valence-electron chi connectivity index (χ2n) is 16.0. The first-order valence-electron chi connectivity index (χ1n) is 21.4. The first-order chi connectivity index (χ1) is 32.7. The van der Waals surface area contributed by atoms with E-state index in [2.05, 4.69) is 37.2 Å². The van der Waals surface area contributed by atoms with Crippen molar-refractivity contribution < 1.29 is 83.1 Å². The summed E-state index contributed by atoms with van der Waals surface area (Å²) in [6.07, 6.45) is -4.92. The Morgan fingerprint density at radius 1 is 0.443 bits per heavy atom. The predicted octanol–water partition coefficient (Wildman–Crippen LogP) is -4.40. The Bertz CT molecular complexity index is 2240. The highest BCUT2D eigenvalue weighted by Crippen LogP contribution is 2.15. The van der Waals surface area contributed by atoms with Gasteiger partial charge in [-0.25, -0.2) is 4.79 Å². The first kappa shape index (κ1) is 57.8. The van der Waals surface area contributed by atoms with Crippen LogP contribution in [0, 0.1) is 0 Å². The van der Waals surface area contributed by atoms with Crippen LogP contribution in [-0.4, -0.2) is 145 Å². The van der Waals surface area contributed by atoms with E-state index in [1.165, 1.54) is 55.5 Å². The summed E-state index contributed by atoms with van der Waals surface area (Å²) in [6, 6.07) is -2.48. The molecule has 0 fully saturated rings. The zero-order valence-corrected chi connectivity index (χ0v) is 38.0. The lowest BCUT2D eigenvalue weighted by Crippen LogP contribution is -2.60. The number of aliphatic carboxylic acids is 3. The summed E-state index contributed by atoms with van der Waals surface area (Å²) in [4.78, 5) is 153. The summed E-state index contributed by atoms with van der Waals surface area (Å²) >= 11 is 0. The van der Waals surface area contributed by atoms with Gasteiger partial charge in [0.1, 0.15) is 53.8 Å². The van der Waals surface area contributed by atoms with Crippen LogP contribution in [0.25, 0.3) is 0 Å². The molecule has 2 aromatic rings. The molecule has 0 radical (unpaired) electrons. The lowest BCUT2D eigenvalue weighted by Gasteiger charge is -2.27. The topological polar surface area (TPSA) is 468 Å². The van der Waals surface area contributed by atoms with E-state index in [-0.39, 0.29) is 37.2 Å². The van der Waals surface area contributed by atoms with Crippen LogP contribution in [0.3, 0.4) is 0 Å². The predicted molar refractivity (Wildman–Crippen MR) is 240 cm³/mol. The number of nitrogens with two attached hydrogens (primary N) is 3. The second-order valence-corrected chi connectivity index (χ2v) is 16.0. The number of rotatable bonds is 30. The van der Waals surface area contributed by atoms with Crippen molar-refractivity contribution in [2.24, 2.45) is 17.2 Å². The second kappa shape index (κ2) is 28.1. The summed E-state index contributed by atoms with van der Waals surface area (Å²) in [5.41, 5.74) is 16.6. The number of amides is 9. The van der Waals surface area contributed by atoms with Gasteiger partial charge in [-0.15, -0.1) is 0 Å². The maximum atomic E-state index is 14.0. The molecule has 18 N–H and O–H groups in total. The van der Waals surface area contributed by atoms with E-state index in [1.54, 1.807) is 0 Å². The average molecular weight is 987 g/mol. The van der Waals surface area contributed by atoms with Crippen molar-refractivity contribution in [3.63, 3.8) is 0 Å². The number of carboxylic acids is 3. The van der Waals surface area contributed by atoms with Gasteiger partial charge in [-0.3, -0.25) is 52.7 Å². The normalized spacial score (nSPS) is 14.2. The van der Waals surface area contributed by atoms with Crippen molar-refractivity contribution in [2.75, 3.05) is 0 Å². The number of hydrogen-bond acceptors (Lipinski definition) is 15. The molecule has 0 aliphatic rings. The van der Waals surface area contributed by atoms with E-state index in [1.807, 2.05) is 0 Å². The van der Waals surface area contributed by atoms with Gasteiger partial charge >= 0.3 is 17.9 Å². The van der Waals surface area contributed by atoms with Crippen molar-refractivity contribution >= 4 is 71.1 Å². The Morgan fingerprint density at radius 3 is 1.19 bits per heavy atom. The number of hydrogen-bond donors (Lipinski definition) is 15. The number of primary amides is 2. The van der Waals surface area contributed by atoms with Crippen molar-refractivity contribution in [3.05, 3.63) is 59.7 Å². The molecule has 0 aliphatic heterocycles. The Balaban J connectivity index is 2.48. The fourth-order valence-electron chi connectivity index (χ4n) is 6.24. The van der Waals surface area contributed by atoms with Gasteiger partial charge in [0.05, 0.1) is 12.5 Å². The highest BCUT2D eigenvalue weighted by molar-refractivity contribution is 5.98. The molecule has 0 bridgehead atoms. The van der Waals surface area contributed by atoms with E-state index < -0.39 is 152 Å². The molecule has 0 aliphatic carbocycles. The van der Waals surface area contributed by atoms with E-state index in [0.717, 1.165) is 6.92 Å².